The molecule has 0 saturated heterocycles. The molecule has 2 aromatic carbocycles. The number of aromatic nitrogens is 2. The van der Waals surface area contributed by atoms with Crippen LogP contribution in [0, 0.1) is 0 Å². The Morgan fingerprint density at radius 3 is 2.69 bits per heavy atom. The topological polar surface area (TPSA) is 65.4 Å². The summed E-state index contributed by atoms with van der Waals surface area (Å²) in [5, 5.41) is 2.93. The number of benzene rings is 2. The maximum absolute atomic E-state index is 12.6. The molecule has 1 N–H and O–H groups in total. The fraction of sp³-hybridized carbons (Fsp3) is 0.304. The maximum Gasteiger partial charge on any atom is 0.255 e. The number of fused-ring (bicyclic) bond motifs is 1. The second-order valence-electron chi connectivity index (χ2n) is 7.02. The van der Waals surface area contributed by atoms with Crippen LogP contribution in [0.1, 0.15) is 35.9 Å². The number of hydrogen-bond donors (Lipinski definition) is 1. The Balaban J connectivity index is 1.48. The third-order valence-corrected chi connectivity index (χ3v) is 5.07. The highest BCUT2D eigenvalue weighted by Crippen LogP contribution is 2.29. The third-order valence-electron chi connectivity index (χ3n) is 5.07. The lowest BCUT2D eigenvalue weighted by atomic mass is 10.1. The fourth-order valence-corrected chi connectivity index (χ4v) is 3.57. The van der Waals surface area contributed by atoms with Crippen molar-refractivity contribution >= 4 is 11.6 Å². The van der Waals surface area contributed by atoms with Gasteiger partial charge in [-0.1, -0.05) is 12.1 Å². The molecule has 0 unspecified atom stereocenters. The number of imidazole rings is 1. The van der Waals surface area contributed by atoms with Crippen LogP contribution >= 0.6 is 0 Å². The van der Waals surface area contributed by atoms with Crippen LogP contribution in [-0.4, -0.2) is 29.2 Å². The van der Waals surface area contributed by atoms with E-state index in [1.165, 1.54) is 12.8 Å². The molecule has 4 rings (SSSR count). The Morgan fingerprint density at radius 1 is 1.14 bits per heavy atom. The van der Waals surface area contributed by atoms with Crippen molar-refractivity contribution in [2.75, 3.05) is 19.0 Å². The second kappa shape index (κ2) is 8.39. The zero-order valence-electron chi connectivity index (χ0n) is 16.8. The Labute approximate surface area is 170 Å². The van der Waals surface area contributed by atoms with E-state index in [4.69, 9.17) is 14.5 Å². The number of nitrogens with zero attached hydrogens (tertiary/aromatic N) is 2. The van der Waals surface area contributed by atoms with Gasteiger partial charge in [0.25, 0.3) is 5.91 Å². The van der Waals surface area contributed by atoms with Gasteiger partial charge in [-0.2, -0.15) is 0 Å². The standard InChI is InChI=1S/C23H25N3O3/c1-3-29-21-14-17(9-12-20(21)28-2)23(27)24-18-10-7-16(8-11-18)19-15-26-13-5-4-6-22(26)25-19/h7-12,14-15H,3-6,13H2,1-2H3,(H,24,27). The minimum absolute atomic E-state index is 0.196. The molecular formula is C23H25N3O3. The lowest BCUT2D eigenvalue weighted by molar-refractivity contribution is 0.102. The number of amides is 1. The highest BCUT2D eigenvalue weighted by molar-refractivity contribution is 6.04. The summed E-state index contributed by atoms with van der Waals surface area (Å²) in [7, 11) is 1.58. The van der Waals surface area contributed by atoms with E-state index < -0.39 is 0 Å². The number of ether oxygens (including phenoxy) is 2. The Kier molecular flexibility index (Phi) is 5.51. The van der Waals surface area contributed by atoms with E-state index in [0.29, 0.717) is 23.7 Å². The molecule has 0 bridgehead atoms. The summed E-state index contributed by atoms with van der Waals surface area (Å²) in [4.78, 5) is 17.4. The van der Waals surface area contributed by atoms with Crippen LogP contribution in [0.15, 0.2) is 48.7 Å². The van der Waals surface area contributed by atoms with Gasteiger partial charge in [-0.05, 0) is 50.1 Å². The lowest BCUT2D eigenvalue weighted by Gasteiger charge is -2.11. The summed E-state index contributed by atoms with van der Waals surface area (Å²) in [5.74, 6) is 2.13. The molecule has 0 fully saturated rings. The number of methoxy groups -OCH3 is 1. The van der Waals surface area contributed by atoms with E-state index in [0.717, 1.165) is 35.7 Å². The molecule has 0 atom stereocenters. The molecule has 6 heteroatoms. The van der Waals surface area contributed by atoms with E-state index in [-0.39, 0.29) is 5.91 Å². The van der Waals surface area contributed by atoms with Gasteiger partial charge in [0.1, 0.15) is 5.82 Å². The van der Waals surface area contributed by atoms with Crippen molar-refractivity contribution < 1.29 is 14.3 Å². The van der Waals surface area contributed by atoms with Crippen molar-refractivity contribution in [2.24, 2.45) is 0 Å². The van der Waals surface area contributed by atoms with E-state index >= 15 is 0 Å². The van der Waals surface area contributed by atoms with E-state index in [9.17, 15) is 4.79 Å². The van der Waals surface area contributed by atoms with Gasteiger partial charge < -0.3 is 19.4 Å². The molecule has 1 aromatic heterocycles. The van der Waals surface area contributed by atoms with Crippen LogP contribution in [0.3, 0.4) is 0 Å². The quantitative estimate of drug-likeness (QED) is 0.670. The molecule has 29 heavy (non-hydrogen) atoms. The van der Waals surface area contributed by atoms with Crippen molar-refractivity contribution in [3.8, 4) is 22.8 Å². The molecule has 0 radical (unpaired) electrons. The minimum atomic E-state index is -0.196. The smallest absolute Gasteiger partial charge is 0.255 e. The summed E-state index contributed by atoms with van der Waals surface area (Å²) in [5.41, 5.74) is 3.28. The van der Waals surface area contributed by atoms with E-state index in [1.807, 2.05) is 31.2 Å². The molecule has 6 nitrogen and oxygen atoms in total. The van der Waals surface area contributed by atoms with Gasteiger partial charge in [-0.15, -0.1) is 0 Å². The number of hydrogen-bond acceptors (Lipinski definition) is 4. The number of aryl methyl sites for hydroxylation is 2. The minimum Gasteiger partial charge on any atom is -0.493 e. The molecule has 150 valence electrons. The largest absolute Gasteiger partial charge is 0.493 e. The Hall–Kier alpha value is -3.28. The van der Waals surface area contributed by atoms with Gasteiger partial charge >= 0.3 is 0 Å². The first-order valence-electron chi connectivity index (χ1n) is 9.96. The van der Waals surface area contributed by atoms with Crippen LogP contribution in [0.5, 0.6) is 11.5 Å². The molecule has 1 aliphatic heterocycles. The summed E-state index contributed by atoms with van der Waals surface area (Å²) in [6, 6.07) is 12.9. The SMILES string of the molecule is CCOc1cc(C(=O)Nc2ccc(-c3cn4c(n3)CCCC4)cc2)ccc1OC. The predicted octanol–water partition coefficient (Wildman–Crippen LogP) is 4.55. The monoisotopic (exact) mass is 391 g/mol. The summed E-state index contributed by atoms with van der Waals surface area (Å²) < 4.78 is 13.1. The molecule has 1 amide bonds. The lowest BCUT2D eigenvalue weighted by Crippen LogP contribution is -2.12. The average molecular weight is 391 g/mol. The normalized spacial score (nSPS) is 12.9. The van der Waals surface area contributed by atoms with Crippen molar-refractivity contribution in [2.45, 2.75) is 32.7 Å². The van der Waals surface area contributed by atoms with Crippen molar-refractivity contribution in [3.63, 3.8) is 0 Å². The average Bonchev–Trinajstić information content (AvgIpc) is 3.19. The van der Waals surface area contributed by atoms with Gasteiger partial charge in [0, 0.05) is 36.0 Å². The van der Waals surface area contributed by atoms with Gasteiger partial charge in [0.2, 0.25) is 0 Å². The Morgan fingerprint density at radius 2 is 1.97 bits per heavy atom. The molecule has 0 spiro atoms. The molecule has 3 aromatic rings. The molecule has 2 heterocycles. The van der Waals surface area contributed by atoms with Gasteiger partial charge in [-0.25, -0.2) is 4.98 Å². The fourth-order valence-electron chi connectivity index (χ4n) is 3.57. The molecule has 1 aliphatic rings. The zero-order valence-corrected chi connectivity index (χ0v) is 16.8. The maximum atomic E-state index is 12.6. The zero-order chi connectivity index (χ0) is 20.2. The predicted molar refractivity (Wildman–Crippen MR) is 113 cm³/mol. The number of rotatable bonds is 6. The van der Waals surface area contributed by atoms with Crippen molar-refractivity contribution in [1.29, 1.82) is 0 Å². The van der Waals surface area contributed by atoms with Crippen molar-refractivity contribution in [1.82, 2.24) is 9.55 Å². The third kappa shape index (κ3) is 4.11. The first-order valence-corrected chi connectivity index (χ1v) is 9.96. The van der Waals surface area contributed by atoms with Crippen LogP contribution in [0.2, 0.25) is 0 Å². The second-order valence-corrected chi connectivity index (χ2v) is 7.02. The highest BCUT2D eigenvalue weighted by Gasteiger charge is 2.14. The Bertz CT molecular complexity index is 985. The van der Waals surface area contributed by atoms with Crippen LogP contribution in [-0.2, 0) is 13.0 Å². The van der Waals surface area contributed by atoms with Gasteiger partial charge in [0.05, 0.1) is 19.4 Å². The van der Waals surface area contributed by atoms with Gasteiger partial charge in [0.15, 0.2) is 11.5 Å². The first-order chi connectivity index (χ1) is 14.2. The number of nitrogens with one attached hydrogen (secondary N) is 1. The van der Waals surface area contributed by atoms with Crippen molar-refractivity contribution in [3.05, 3.63) is 60.0 Å². The van der Waals surface area contributed by atoms with E-state index in [2.05, 4.69) is 16.1 Å². The van der Waals surface area contributed by atoms with Crippen LogP contribution in [0.4, 0.5) is 5.69 Å². The van der Waals surface area contributed by atoms with E-state index in [1.54, 1.807) is 25.3 Å². The summed E-state index contributed by atoms with van der Waals surface area (Å²) in [6.45, 7) is 3.44. The summed E-state index contributed by atoms with van der Waals surface area (Å²) >= 11 is 0. The van der Waals surface area contributed by atoms with Gasteiger partial charge in [-0.3, -0.25) is 4.79 Å². The summed E-state index contributed by atoms with van der Waals surface area (Å²) in [6.07, 6.45) is 5.58. The number of carbonyl (C=O) groups excluding carboxylic acids is 1. The first kappa shape index (κ1) is 19.1. The van der Waals surface area contributed by atoms with Crippen LogP contribution < -0.4 is 14.8 Å². The molecule has 0 aliphatic carbocycles. The molecule has 0 saturated carbocycles. The number of carbonyl (C=O) groups is 1. The molecular weight excluding hydrogens is 366 g/mol. The number of anilines is 1. The van der Waals surface area contributed by atoms with Crippen LogP contribution in [0.25, 0.3) is 11.3 Å². The highest BCUT2D eigenvalue weighted by atomic mass is 16.5.